The molecule has 2 N–H and O–H groups in total. The summed E-state index contributed by atoms with van der Waals surface area (Å²) in [6, 6.07) is 16.9. The van der Waals surface area contributed by atoms with Crippen molar-refractivity contribution in [2.45, 2.75) is 63.2 Å². The van der Waals surface area contributed by atoms with Crippen LogP contribution in [0.5, 0.6) is 5.75 Å². The number of hydrogen-bond donors (Lipinski definition) is 2. The van der Waals surface area contributed by atoms with Crippen LogP contribution in [0.1, 0.15) is 55.7 Å². The van der Waals surface area contributed by atoms with Gasteiger partial charge in [0.15, 0.2) is 0 Å². The van der Waals surface area contributed by atoms with Crippen molar-refractivity contribution in [3.05, 3.63) is 59.7 Å². The number of sulfonamides is 1. The average molecular weight is 458 g/mol. The van der Waals surface area contributed by atoms with Gasteiger partial charge in [0.25, 0.3) is 0 Å². The van der Waals surface area contributed by atoms with Crippen LogP contribution in [0, 0.1) is 0 Å². The van der Waals surface area contributed by atoms with Gasteiger partial charge in [-0.15, -0.1) is 0 Å². The van der Waals surface area contributed by atoms with Crippen molar-refractivity contribution in [3.8, 4) is 5.75 Å². The predicted molar refractivity (Wildman–Crippen MR) is 130 cm³/mol. The highest BCUT2D eigenvalue weighted by atomic mass is 32.2. The molecule has 0 bridgehead atoms. The Morgan fingerprint density at radius 1 is 1.06 bits per heavy atom. The molecule has 1 aliphatic carbocycles. The van der Waals surface area contributed by atoms with Crippen molar-refractivity contribution in [1.29, 1.82) is 0 Å². The minimum Gasteiger partial charge on any atom is -0.496 e. The fourth-order valence-electron chi connectivity index (χ4n) is 5.21. The fraction of sp³-hybridized carbons (Fsp3) is 0.520. The Kier molecular flexibility index (Phi) is 7.38. The predicted octanol–water partition coefficient (Wildman–Crippen LogP) is 3.99. The molecule has 1 aliphatic heterocycles. The van der Waals surface area contributed by atoms with Crippen LogP contribution < -0.4 is 19.7 Å². The second-order valence-electron chi connectivity index (χ2n) is 8.97. The van der Waals surface area contributed by atoms with Gasteiger partial charge >= 0.3 is 0 Å². The minimum absolute atomic E-state index is 0.0456. The van der Waals surface area contributed by atoms with E-state index in [9.17, 15) is 8.42 Å². The Morgan fingerprint density at radius 2 is 1.81 bits per heavy atom. The van der Waals surface area contributed by atoms with E-state index in [0.717, 1.165) is 62.1 Å². The molecular formula is C25H35N3O3S. The summed E-state index contributed by atoms with van der Waals surface area (Å²) >= 11 is 0. The van der Waals surface area contributed by atoms with Gasteiger partial charge in [0.1, 0.15) is 5.75 Å². The van der Waals surface area contributed by atoms with Gasteiger partial charge in [-0.25, -0.2) is 8.42 Å². The Labute approximate surface area is 192 Å². The largest absolute Gasteiger partial charge is 0.496 e. The monoisotopic (exact) mass is 457 g/mol. The first-order valence-corrected chi connectivity index (χ1v) is 13.5. The molecule has 0 radical (unpaired) electrons. The van der Waals surface area contributed by atoms with Gasteiger partial charge in [0.05, 0.1) is 19.1 Å². The number of methoxy groups -OCH3 is 1. The summed E-state index contributed by atoms with van der Waals surface area (Å²) in [6.45, 7) is 1.64. The van der Waals surface area contributed by atoms with Gasteiger partial charge in [0, 0.05) is 30.2 Å². The van der Waals surface area contributed by atoms with Gasteiger partial charge in [-0.05, 0) is 56.0 Å². The van der Waals surface area contributed by atoms with Gasteiger partial charge in [-0.3, -0.25) is 4.31 Å². The van der Waals surface area contributed by atoms with Crippen LogP contribution in [0.3, 0.4) is 0 Å². The molecule has 0 aromatic heterocycles. The zero-order valence-corrected chi connectivity index (χ0v) is 19.9. The Bertz CT molecular complexity index is 991. The van der Waals surface area contributed by atoms with Crippen molar-refractivity contribution in [3.63, 3.8) is 0 Å². The maximum Gasteiger partial charge on any atom is 0.232 e. The maximum atomic E-state index is 12.7. The molecule has 4 rings (SSSR count). The summed E-state index contributed by atoms with van der Waals surface area (Å²) in [4.78, 5) is 0. The first-order valence-electron chi connectivity index (χ1n) is 11.7. The molecule has 2 aliphatic rings. The number of nitrogens with zero attached hydrogens (tertiary/aromatic N) is 1. The van der Waals surface area contributed by atoms with E-state index >= 15 is 0 Å². The second-order valence-corrected chi connectivity index (χ2v) is 10.8. The molecule has 2 fully saturated rings. The summed E-state index contributed by atoms with van der Waals surface area (Å²) < 4.78 is 32.6. The van der Waals surface area contributed by atoms with Crippen molar-refractivity contribution in [1.82, 2.24) is 10.6 Å². The highest BCUT2D eigenvalue weighted by Crippen LogP contribution is 2.33. The number of rotatable bonds is 8. The lowest BCUT2D eigenvalue weighted by Crippen LogP contribution is -2.45. The molecule has 2 atom stereocenters. The summed E-state index contributed by atoms with van der Waals surface area (Å²) in [7, 11) is -1.69. The highest BCUT2D eigenvalue weighted by molar-refractivity contribution is 7.92. The number of ether oxygens (including phenoxy) is 1. The molecule has 174 valence electrons. The van der Waals surface area contributed by atoms with Crippen molar-refractivity contribution >= 4 is 15.7 Å². The van der Waals surface area contributed by atoms with Gasteiger partial charge in [-0.1, -0.05) is 43.2 Å². The van der Waals surface area contributed by atoms with Crippen LogP contribution in [0.25, 0.3) is 0 Å². The number of nitrogens with one attached hydrogen (secondary N) is 2. The van der Waals surface area contributed by atoms with Crippen molar-refractivity contribution in [2.24, 2.45) is 0 Å². The first kappa shape index (κ1) is 23.1. The van der Waals surface area contributed by atoms with E-state index in [-0.39, 0.29) is 12.1 Å². The highest BCUT2D eigenvalue weighted by Gasteiger charge is 2.30. The number of benzene rings is 2. The van der Waals surface area contributed by atoms with Crippen molar-refractivity contribution < 1.29 is 13.2 Å². The molecule has 2 unspecified atom stereocenters. The van der Waals surface area contributed by atoms with Crippen LogP contribution >= 0.6 is 0 Å². The van der Waals surface area contributed by atoms with E-state index in [2.05, 4.69) is 34.9 Å². The fourth-order valence-corrected chi connectivity index (χ4v) is 6.46. The number of piperidine rings is 1. The Morgan fingerprint density at radius 3 is 2.50 bits per heavy atom. The topological polar surface area (TPSA) is 70.7 Å². The summed E-state index contributed by atoms with van der Waals surface area (Å²) in [5.74, 6) is 0.779. The van der Waals surface area contributed by atoms with E-state index in [1.54, 1.807) is 11.4 Å². The third kappa shape index (κ3) is 5.27. The normalized spacial score (nSPS) is 22.1. The van der Waals surface area contributed by atoms with E-state index in [1.807, 2.05) is 24.3 Å². The van der Waals surface area contributed by atoms with E-state index in [4.69, 9.17) is 4.74 Å². The summed E-state index contributed by atoms with van der Waals surface area (Å²) in [5.41, 5.74) is 3.00. The molecule has 1 saturated carbocycles. The third-order valence-electron chi connectivity index (χ3n) is 6.70. The van der Waals surface area contributed by atoms with E-state index in [1.165, 1.54) is 11.8 Å². The molecule has 1 saturated heterocycles. The third-order valence-corrected chi connectivity index (χ3v) is 7.93. The quantitative estimate of drug-likeness (QED) is 0.627. The standard InChI is InChI=1S/C25H35N3O3S/c1-31-24-15-14-22(28(32(2,29)30)21-11-6-7-12-21)17-20(24)18-27-23-13-8-16-26-25(23)19-9-4-3-5-10-19/h3-5,9-10,14-15,17,21,23,25-27H,6-8,11-13,16,18H2,1-2H3. The molecule has 1 heterocycles. The molecule has 6 nitrogen and oxygen atoms in total. The first-order chi connectivity index (χ1) is 15.5. The van der Waals surface area contributed by atoms with E-state index < -0.39 is 10.0 Å². The summed E-state index contributed by atoms with van der Waals surface area (Å²) in [6.07, 6.45) is 7.52. The number of hydrogen-bond acceptors (Lipinski definition) is 5. The summed E-state index contributed by atoms with van der Waals surface area (Å²) in [5, 5.41) is 7.38. The average Bonchev–Trinajstić information content (AvgIpc) is 3.32. The molecule has 32 heavy (non-hydrogen) atoms. The maximum absolute atomic E-state index is 12.7. The van der Waals surface area contributed by atoms with Crippen molar-refractivity contribution in [2.75, 3.05) is 24.2 Å². The SMILES string of the molecule is COc1ccc(N(C2CCCC2)S(C)(=O)=O)cc1CNC1CCCNC1c1ccccc1. The number of anilines is 1. The molecular weight excluding hydrogens is 422 g/mol. The Hall–Kier alpha value is -2.09. The van der Waals surface area contributed by atoms with E-state index in [0.29, 0.717) is 12.6 Å². The lowest BCUT2D eigenvalue weighted by molar-refractivity contribution is 0.303. The van der Waals surface area contributed by atoms with Crippen LogP contribution in [0.2, 0.25) is 0 Å². The zero-order chi connectivity index (χ0) is 22.6. The molecule has 7 heteroatoms. The zero-order valence-electron chi connectivity index (χ0n) is 19.1. The van der Waals surface area contributed by atoms with Crippen LogP contribution in [0.4, 0.5) is 5.69 Å². The van der Waals surface area contributed by atoms with Gasteiger partial charge in [-0.2, -0.15) is 0 Å². The Balaban J connectivity index is 1.56. The van der Waals surface area contributed by atoms with Crippen LogP contribution in [-0.4, -0.2) is 40.4 Å². The molecule has 0 amide bonds. The lowest BCUT2D eigenvalue weighted by atomic mass is 9.92. The molecule has 2 aromatic carbocycles. The van der Waals surface area contributed by atoms with Crippen LogP contribution in [0.15, 0.2) is 48.5 Å². The van der Waals surface area contributed by atoms with Crippen LogP contribution in [-0.2, 0) is 16.6 Å². The molecule has 0 spiro atoms. The van der Waals surface area contributed by atoms with Gasteiger partial charge in [0.2, 0.25) is 10.0 Å². The van der Waals surface area contributed by atoms with Gasteiger partial charge < -0.3 is 15.4 Å². The molecule has 2 aromatic rings. The lowest BCUT2D eigenvalue weighted by Gasteiger charge is -2.34. The second kappa shape index (κ2) is 10.2. The smallest absolute Gasteiger partial charge is 0.232 e. The minimum atomic E-state index is -3.36.